The van der Waals surface area contributed by atoms with E-state index in [9.17, 15) is 9.90 Å². The van der Waals surface area contributed by atoms with Gasteiger partial charge >= 0.3 is 6.09 Å². The fraction of sp³-hybridized carbons (Fsp3) is 0.533. The maximum absolute atomic E-state index is 11.5. The number of nitrogens with one attached hydrogen (secondary N) is 1. The molecule has 2 N–H and O–H groups in total. The normalized spacial score (nSPS) is 19.4. The van der Waals surface area contributed by atoms with E-state index in [1.165, 1.54) is 6.33 Å². The Morgan fingerprint density at radius 1 is 1.39 bits per heavy atom. The number of piperazine rings is 1. The maximum atomic E-state index is 11.5. The molecule has 0 aliphatic carbocycles. The molecular weight excluding hydrogens is 362 g/mol. The zero-order valence-corrected chi connectivity index (χ0v) is 15.0. The molecule has 1 amide bonds. The molecule has 7 nitrogen and oxygen atoms in total. The Bertz CT molecular complexity index is 739. The molecule has 3 heterocycles. The van der Waals surface area contributed by atoms with Crippen LogP contribution in [0.1, 0.15) is 20.8 Å². The fourth-order valence-corrected chi connectivity index (χ4v) is 3.57. The topological polar surface area (TPSA) is 85.4 Å². The summed E-state index contributed by atoms with van der Waals surface area (Å²) in [5, 5.41) is 10.4. The Morgan fingerprint density at radius 3 is 2.78 bits per heavy atom. The van der Waals surface area contributed by atoms with E-state index in [-0.39, 0.29) is 11.5 Å². The summed E-state index contributed by atoms with van der Waals surface area (Å²) in [5.41, 5.74) is 0.619. The van der Waals surface area contributed by atoms with Crippen molar-refractivity contribution >= 4 is 38.9 Å². The van der Waals surface area contributed by atoms with E-state index >= 15 is 0 Å². The quantitative estimate of drug-likeness (QED) is 0.792. The first kappa shape index (κ1) is 16.0. The van der Waals surface area contributed by atoms with Gasteiger partial charge in [-0.3, -0.25) is 0 Å². The second-order valence-electron chi connectivity index (χ2n) is 6.86. The Balaban J connectivity index is 1.98. The smallest absolute Gasteiger partial charge is 0.407 e. The third kappa shape index (κ3) is 2.87. The van der Waals surface area contributed by atoms with Gasteiger partial charge in [0.25, 0.3) is 0 Å². The summed E-state index contributed by atoms with van der Waals surface area (Å²) in [6.45, 7) is 7.89. The number of aromatic nitrogens is 3. The molecule has 2 aromatic heterocycles. The van der Waals surface area contributed by atoms with Crippen molar-refractivity contribution in [1.29, 1.82) is 0 Å². The highest BCUT2D eigenvalue weighted by atomic mass is 79.9. The highest BCUT2D eigenvalue weighted by Gasteiger charge is 2.38. The lowest BCUT2D eigenvalue weighted by molar-refractivity contribution is 0.0747. The van der Waals surface area contributed by atoms with E-state index in [2.05, 4.69) is 56.6 Å². The van der Waals surface area contributed by atoms with Crippen LogP contribution in [0.25, 0.3) is 11.0 Å². The van der Waals surface area contributed by atoms with Gasteiger partial charge in [-0.05, 0) is 21.3 Å². The van der Waals surface area contributed by atoms with Gasteiger partial charge in [-0.25, -0.2) is 14.8 Å². The number of carbonyl (C=O) groups is 1. The molecule has 2 aromatic rings. The first-order valence-electron chi connectivity index (χ1n) is 7.51. The number of hydrogen-bond donors (Lipinski definition) is 2. The largest absolute Gasteiger partial charge is 0.465 e. The van der Waals surface area contributed by atoms with Gasteiger partial charge in [-0.15, -0.1) is 0 Å². The first-order valence-corrected chi connectivity index (χ1v) is 8.30. The molecule has 124 valence electrons. The van der Waals surface area contributed by atoms with Gasteiger partial charge in [0, 0.05) is 30.3 Å². The first-order chi connectivity index (χ1) is 10.8. The monoisotopic (exact) mass is 381 g/mol. The molecule has 3 rings (SSSR count). The van der Waals surface area contributed by atoms with Gasteiger partial charge < -0.3 is 19.9 Å². The molecule has 0 bridgehead atoms. The molecule has 1 unspecified atom stereocenters. The van der Waals surface area contributed by atoms with Crippen molar-refractivity contribution in [2.24, 2.45) is 5.41 Å². The van der Waals surface area contributed by atoms with Crippen LogP contribution in [0, 0.1) is 5.41 Å². The number of halogens is 1. The number of hydrogen-bond acceptors (Lipinski definition) is 4. The average molecular weight is 382 g/mol. The molecule has 1 aliphatic heterocycles. The SMILES string of the molecule is CC(C)(C)C1CN(c2ncnc3[nH]cc(Br)c23)CCN1C(=O)O. The van der Waals surface area contributed by atoms with Crippen molar-refractivity contribution < 1.29 is 9.90 Å². The van der Waals surface area contributed by atoms with E-state index in [4.69, 9.17) is 0 Å². The predicted molar refractivity (Wildman–Crippen MR) is 91.8 cm³/mol. The van der Waals surface area contributed by atoms with Crippen LogP contribution < -0.4 is 4.90 Å². The predicted octanol–water partition coefficient (Wildman–Crippen LogP) is 2.94. The fourth-order valence-electron chi connectivity index (χ4n) is 3.09. The lowest BCUT2D eigenvalue weighted by atomic mass is 9.84. The van der Waals surface area contributed by atoms with Gasteiger partial charge in [0.2, 0.25) is 0 Å². The van der Waals surface area contributed by atoms with Crippen LogP contribution in [0.4, 0.5) is 10.6 Å². The van der Waals surface area contributed by atoms with Crippen LogP contribution >= 0.6 is 15.9 Å². The summed E-state index contributed by atoms with van der Waals surface area (Å²) in [5.74, 6) is 0.836. The average Bonchev–Trinajstić information content (AvgIpc) is 2.87. The summed E-state index contributed by atoms with van der Waals surface area (Å²) in [6, 6.07) is -0.100. The standard InChI is InChI=1S/C15H20BrN5O2/c1-15(2,3)10-7-20(4-5-21(10)14(22)23)13-11-9(16)6-17-12(11)18-8-19-13/h6,8,10H,4-5,7H2,1-3H3,(H,22,23)(H,17,18,19). The van der Waals surface area contributed by atoms with Crippen molar-refractivity contribution in [3.05, 3.63) is 17.0 Å². The van der Waals surface area contributed by atoms with Crippen molar-refractivity contribution in [2.45, 2.75) is 26.8 Å². The van der Waals surface area contributed by atoms with E-state index in [0.29, 0.717) is 19.6 Å². The summed E-state index contributed by atoms with van der Waals surface area (Å²) >= 11 is 3.53. The minimum Gasteiger partial charge on any atom is -0.465 e. The number of nitrogens with zero attached hydrogens (tertiary/aromatic N) is 4. The molecule has 1 saturated heterocycles. The van der Waals surface area contributed by atoms with Crippen LogP contribution in [0.15, 0.2) is 17.0 Å². The molecule has 0 spiro atoms. The van der Waals surface area contributed by atoms with Gasteiger partial charge in [-0.2, -0.15) is 0 Å². The highest BCUT2D eigenvalue weighted by molar-refractivity contribution is 9.10. The minimum absolute atomic E-state index is 0.100. The number of rotatable bonds is 1. The van der Waals surface area contributed by atoms with Gasteiger partial charge in [0.15, 0.2) is 0 Å². The number of H-pyrrole nitrogens is 1. The summed E-state index contributed by atoms with van der Waals surface area (Å²) < 4.78 is 0.913. The molecular formula is C15H20BrN5O2. The third-order valence-corrected chi connectivity index (χ3v) is 4.95. The van der Waals surface area contributed by atoms with Crippen LogP contribution in [0.5, 0.6) is 0 Å². The second kappa shape index (κ2) is 5.67. The lowest BCUT2D eigenvalue weighted by Crippen LogP contribution is -2.59. The van der Waals surface area contributed by atoms with Gasteiger partial charge in [0.05, 0.1) is 11.4 Å². The minimum atomic E-state index is -0.861. The summed E-state index contributed by atoms with van der Waals surface area (Å²) in [7, 11) is 0. The number of anilines is 1. The van der Waals surface area contributed by atoms with E-state index in [0.717, 1.165) is 21.3 Å². The molecule has 1 fully saturated rings. The van der Waals surface area contributed by atoms with E-state index in [1.54, 1.807) is 4.90 Å². The van der Waals surface area contributed by atoms with E-state index < -0.39 is 6.09 Å². The van der Waals surface area contributed by atoms with Gasteiger partial charge in [0.1, 0.15) is 17.8 Å². The second-order valence-corrected chi connectivity index (χ2v) is 7.72. The maximum Gasteiger partial charge on any atom is 0.407 e. The zero-order chi connectivity index (χ0) is 16.8. The molecule has 0 radical (unpaired) electrons. The van der Waals surface area contributed by atoms with Crippen molar-refractivity contribution in [2.75, 3.05) is 24.5 Å². The molecule has 23 heavy (non-hydrogen) atoms. The van der Waals surface area contributed by atoms with Gasteiger partial charge in [-0.1, -0.05) is 20.8 Å². The Labute approximate surface area is 142 Å². The third-order valence-electron chi connectivity index (χ3n) is 4.33. The van der Waals surface area contributed by atoms with Crippen molar-refractivity contribution in [3.63, 3.8) is 0 Å². The summed E-state index contributed by atoms with van der Waals surface area (Å²) in [6.07, 6.45) is 2.52. The zero-order valence-electron chi connectivity index (χ0n) is 13.4. The number of fused-ring (bicyclic) bond motifs is 1. The number of amides is 1. The molecule has 1 aliphatic rings. The molecule has 8 heteroatoms. The molecule has 0 saturated carbocycles. The van der Waals surface area contributed by atoms with Crippen LogP contribution in [0.2, 0.25) is 0 Å². The van der Waals surface area contributed by atoms with E-state index in [1.807, 2.05) is 6.20 Å². The van der Waals surface area contributed by atoms with Crippen LogP contribution in [-0.4, -0.2) is 56.7 Å². The molecule has 1 atom stereocenters. The lowest BCUT2D eigenvalue weighted by Gasteiger charge is -2.46. The van der Waals surface area contributed by atoms with Crippen molar-refractivity contribution in [3.8, 4) is 0 Å². The Hall–Kier alpha value is -1.83. The van der Waals surface area contributed by atoms with Crippen LogP contribution in [0.3, 0.4) is 0 Å². The Morgan fingerprint density at radius 2 is 2.13 bits per heavy atom. The Kier molecular flexibility index (Phi) is 3.95. The number of aromatic amines is 1. The summed E-state index contributed by atoms with van der Waals surface area (Å²) in [4.78, 5) is 27.0. The highest BCUT2D eigenvalue weighted by Crippen LogP contribution is 2.34. The van der Waals surface area contributed by atoms with Crippen LogP contribution in [-0.2, 0) is 0 Å². The number of carboxylic acid groups (broad SMARTS) is 1. The molecule has 0 aromatic carbocycles. The van der Waals surface area contributed by atoms with Crippen molar-refractivity contribution in [1.82, 2.24) is 19.9 Å².